The first-order valence-corrected chi connectivity index (χ1v) is 6.79. The first kappa shape index (κ1) is 12.3. The summed E-state index contributed by atoms with van der Waals surface area (Å²) >= 11 is 0. The zero-order chi connectivity index (χ0) is 13.1. The molecule has 1 aliphatic carbocycles. The summed E-state index contributed by atoms with van der Waals surface area (Å²) in [6.45, 7) is 0.697. The second kappa shape index (κ2) is 5.48. The topological polar surface area (TPSA) is 77.8 Å². The van der Waals surface area contributed by atoms with Crippen molar-refractivity contribution < 1.29 is 4.52 Å². The van der Waals surface area contributed by atoms with Crippen LogP contribution in [0.3, 0.4) is 0 Å². The number of hydrogen-bond donors (Lipinski definition) is 1. The molecule has 0 saturated heterocycles. The second-order valence-electron chi connectivity index (χ2n) is 5.08. The molecule has 0 amide bonds. The van der Waals surface area contributed by atoms with E-state index in [9.17, 15) is 0 Å². The van der Waals surface area contributed by atoms with Crippen LogP contribution in [-0.4, -0.2) is 21.7 Å². The quantitative estimate of drug-likeness (QED) is 0.906. The molecule has 2 unspecified atom stereocenters. The molecule has 5 heteroatoms. The van der Waals surface area contributed by atoms with Crippen molar-refractivity contribution in [3.05, 3.63) is 41.8 Å². The van der Waals surface area contributed by atoms with Gasteiger partial charge in [-0.2, -0.15) is 4.98 Å². The largest absolute Gasteiger partial charge is 0.339 e. The molecule has 2 aromatic rings. The third-order valence-corrected chi connectivity index (χ3v) is 3.83. The standard InChI is InChI=1S/C14H18N4O/c15-9-10-4-3-6-12(10)14-17-13(18-19-14)8-11-5-1-2-7-16-11/h1-2,5,7,10,12H,3-4,6,8-9,15H2. The van der Waals surface area contributed by atoms with Crippen molar-refractivity contribution in [1.82, 2.24) is 15.1 Å². The highest BCUT2D eigenvalue weighted by Crippen LogP contribution is 2.38. The van der Waals surface area contributed by atoms with Crippen molar-refractivity contribution in [2.24, 2.45) is 11.7 Å². The zero-order valence-electron chi connectivity index (χ0n) is 10.8. The fourth-order valence-electron chi connectivity index (χ4n) is 2.80. The van der Waals surface area contributed by atoms with Gasteiger partial charge in [0.1, 0.15) is 0 Å². The number of nitrogens with zero attached hydrogens (tertiary/aromatic N) is 3. The Morgan fingerprint density at radius 3 is 3.05 bits per heavy atom. The third kappa shape index (κ3) is 2.66. The van der Waals surface area contributed by atoms with E-state index in [4.69, 9.17) is 10.3 Å². The second-order valence-corrected chi connectivity index (χ2v) is 5.08. The monoisotopic (exact) mass is 258 g/mol. The molecular weight excluding hydrogens is 240 g/mol. The summed E-state index contributed by atoms with van der Waals surface area (Å²) in [5.74, 6) is 2.29. The number of hydrogen-bond acceptors (Lipinski definition) is 5. The molecule has 5 nitrogen and oxygen atoms in total. The molecule has 100 valence electrons. The normalized spacial score (nSPS) is 22.8. The summed E-state index contributed by atoms with van der Waals surface area (Å²) in [6, 6.07) is 5.83. The first-order chi connectivity index (χ1) is 9.36. The van der Waals surface area contributed by atoms with E-state index in [0.717, 1.165) is 18.0 Å². The Bertz CT molecular complexity index is 525. The van der Waals surface area contributed by atoms with Crippen molar-refractivity contribution in [3.63, 3.8) is 0 Å². The lowest BCUT2D eigenvalue weighted by Gasteiger charge is -2.12. The molecule has 2 heterocycles. The maximum Gasteiger partial charge on any atom is 0.230 e. The molecule has 1 saturated carbocycles. The van der Waals surface area contributed by atoms with Crippen LogP contribution in [0, 0.1) is 5.92 Å². The van der Waals surface area contributed by atoms with Gasteiger partial charge < -0.3 is 10.3 Å². The average molecular weight is 258 g/mol. The molecule has 1 fully saturated rings. The third-order valence-electron chi connectivity index (χ3n) is 3.83. The van der Waals surface area contributed by atoms with Crippen LogP contribution < -0.4 is 5.73 Å². The molecular formula is C14H18N4O. The molecule has 1 aliphatic rings. The van der Waals surface area contributed by atoms with Gasteiger partial charge in [-0.15, -0.1) is 0 Å². The lowest BCUT2D eigenvalue weighted by atomic mass is 9.96. The minimum absolute atomic E-state index is 0.343. The highest BCUT2D eigenvalue weighted by molar-refractivity contribution is 5.10. The zero-order valence-corrected chi connectivity index (χ0v) is 10.8. The predicted molar refractivity (Wildman–Crippen MR) is 70.5 cm³/mol. The van der Waals surface area contributed by atoms with Crippen molar-refractivity contribution in [1.29, 1.82) is 0 Å². The molecule has 0 radical (unpaired) electrons. The number of pyridine rings is 1. The van der Waals surface area contributed by atoms with Gasteiger partial charge in [0.2, 0.25) is 5.89 Å². The fourth-order valence-corrected chi connectivity index (χ4v) is 2.80. The van der Waals surface area contributed by atoms with Crippen LogP contribution in [-0.2, 0) is 6.42 Å². The van der Waals surface area contributed by atoms with Crippen LogP contribution in [0.25, 0.3) is 0 Å². The maximum absolute atomic E-state index is 5.79. The van der Waals surface area contributed by atoms with Crippen LogP contribution in [0.2, 0.25) is 0 Å². The average Bonchev–Trinajstić information content (AvgIpc) is 3.07. The van der Waals surface area contributed by atoms with E-state index in [1.54, 1.807) is 6.20 Å². The number of nitrogens with two attached hydrogens (primary N) is 1. The maximum atomic E-state index is 5.79. The fraction of sp³-hybridized carbons (Fsp3) is 0.500. The van der Waals surface area contributed by atoms with Gasteiger partial charge in [-0.3, -0.25) is 4.98 Å². The Balaban J connectivity index is 1.73. The Hall–Kier alpha value is -1.75. The van der Waals surface area contributed by atoms with E-state index in [0.29, 0.717) is 30.6 Å². The lowest BCUT2D eigenvalue weighted by molar-refractivity contribution is 0.323. The van der Waals surface area contributed by atoms with Crippen LogP contribution in [0.4, 0.5) is 0 Å². The number of aromatic nitrogens is 3. The molecule has 0 spiro atoms. The highest BCUT2D eigenvalue weighted by Gasteiger charge is 2.31. The Morgan fingerprint density at radius 2 is 2.26 bits per heavy atom. The predicted octanol–water partition coefficient (Wildman–Crippen LogP) is 1.90. The van der Waals surface area contributed by atoms with Gasteiger partial charge in [-0.25, -0.2) is 0 Å². The summed E-state index contributed by atoms with van der Waals surface area (Å²) in [6.07, 6.45) is 5.86. The molecule has 2 aromatic heterocycles. The van der Waals surface area contributed by atoms with Gasteiger partial charge in [-0.1, -0.05) is 17.6 Å². The van der Waals surface area contributed by atoms with Gasteiger partial charge in [0, 0.05) is 17.8 Å². The minimum Gasteiger partial charge on any atom is -0.339 e. The molecule has 0 aromatic carbocycles. The van der Waals surface area contributed by atoms with E-state index < -0.39 is 0 Å². The van der Waals surface area contributed by atoms with Crippen molar-refractivity contribution in [3.8, 4) is 0 Å². The smallest absolute Gasteiger partial charge is 0.230 e. The van der Waals surface area contributed by atoms with Gasteiger partial charge in [0.15, 0.2) is 5.82 Å². The molecule has 19 heavy (non-hydrogen) atoms. The number of rotatable bonds is 4. The lowest BCUT2D eigenvalue weighted by Crippen LogP contribution is -2.17. The van der Waals surface area contributed by atoms with E-state index in [1.807, 2.05) is 18.2 Å². The van der Waals surface area contributed by atoms with Crippen LogP contribution >= 0.6 is 0 Å². The molecule has 0 bridgehead atoms. The minimum atomic E-state index is 0.343. The summed E-state index contributed by atoms with van der Waals surface area (Å²) in [5.41, 5.74) is 6.75. The SMILES string of the molecule is NCC1CCCC1c1nc(Cc2ccccn2)no1. The van der Waals surface area contributed by atoms with E-state index >= 15 is 0 Å². The van der Waals surface area contributed by atoms with E-state index in [-0.39, 0.29) is 0 Å². The van der Waals surface area contributed by atoms with Crippen LogP contribution in [0.15, 0.2) is 28.9 Å². The van der Waals surface area contributed by atoms with Crippen molar-refractivity contribution >= 4 is 0 Å². The Morgan fingerprint density at radius 1 is 1.32 bits per heavy atom. The summed E-state index contributed by atoms with van der Waals surface area (Å²) in [5, 5.41) is 4.06. The Kier molecular flexibility index (Phi) is 3.55. The van der Waals surface area contributed by atoms with Gasteiger partial charge in [0.25, 0.3) is 0 Å². The van der Waals surface area contributed by atoms with Crippen LogP contribution in [0.5, 0.6) is 0 Å². The van der Waals surface area contributed by atoms with Crippen molar-refractivity contribution in [2.45, 2.75) is 31.6 Å². The first-order valence-electron chi connectivity index (χ1n) is 6.79. The molecule has 2 atom stereocenters. The summed E-state index contributed by atoms with van der Waals surface area (Å²) in [7, 11) is 0. The Labute approximate surface area is 112 Å². The van der Waals surface area contributed by atoms with E-state index in [2.05, 4.69) is 15.1 Å². The van der Waals surface area contributed by atoms with Gasteiger partial charge >= 0.3 is 0 Å². The molecule has 3 rings (SSSR count). The highest BCUT2D eigenvalue weighted by atomic mass is 16.5. The van der Waals surface area contributed by atoms with Crippen molar-refractivity contribution in [2.75, 3.05) is 6.54 Å². The van der Waals surface area contributed by atoms with E-state index in [1.165, 1.54) is 12.8 Å². The van der Waals surface area contributed by atoms with Crippen LogP contribution in [0.1, 0.15) is 42.6 Å². The van der Waals surface area contributed by atoms with Gasteiger partial charge in [0.05, 0.1) is 6.42 Å². The summed E-state index contributed by atoms with van der Waals surface area (Å²) < 4.78 is 5.41. The summed E-state index contributed by atoms with van der Waals surface area (Å²) in [4.78, 5) is 8.78. The van der Waals surface area contributed by atoms with Gasteiger partial charge in [-0.05, 0) is 37.4 Å². The molecule has 0 aliphatic heterocycles. The molecule has 2 N–H and O–H groups in total.